The predicted octanol–water partition coefficient (Wildman–Crippen LogP) is 3.34. The Morgan fingerprint density at radius 2 is 2.00 bits per heavy atom. The van der Waals surface area contributed by atoms with E-state index in [2.05, 4.69) is 47.1 Å². The summed E-state index contributed by atoms with van der Waals surface area (Å²) in [5.74, 6) is 1.54. The largest absolute Gasteiger partial charge is 0.497 e. The van der Waals surface area contributed by atoms with Gasteiger partial charge >= 0.3 is 0 Å². The average molecular weight is 374 g/mol. The third-order valence-corrected chi connectivity index (χ3v) is 3.23. The van der Waals surface area contributed by atoms with Crippen LogP contribution in [0.3, 0.4) is 0 Å². The minimum atomic E-state index is 0.387. The highest BCUT2D eigenvalue weighted by atomic mass is 79.9. The lowest BCUT2D eigenvalue weighted by atomic mass is 10.3. The topological polar surface area (TPSA) is 73.1 Å². The van der Waals surface area contributed by atoms with Gasteiger partial charge in [0, 0.05) is 16.6 Å². The maximum absolute atomic E-state index is 5.65. The second-order valence-electron chi connectivity index (χ2n) is 3.41. The van der Waals surface area contributed by atoms with E-state index >= 15 is 0 Å². The summed E-state index contributed by atoms with van der Waals surface area (Å²) in [5.41, 5.74) is 6.45. The Kier molecular flexibility index (Phi) is 4.03. The van der Waals surface area contributed by atoms with Crippen molar-refractivity contribution in [2.45, 2.75) is 0 Å². The molecule has 2 rings (SSSR count). The molecule has 1 heterocycles. The summed E-state index contributed by atoms with van der Waals surface area (Å²) < 4.78 is 6.66. The summed E-state index contributed by atoms with van der Waals surface area (Å²) in [5, 5.41) is 3.07. The highest BCUT2D eigenvalue weighted by Gasteiger charge is 2.06. The Morgan fingerprint density at radius 3 is 2.67 bits per heavy atom. The van der Waals surface area contributed by atoms with Crippen LogP contribution in [-0.2, 0) is 0 Å². The number of nitrogens with one attached hydrogen (secondary N) is 1. The third-order valence-electron chi connectivity index (χ3n) is 2.13. The van der Waals surface area contributed by atoms with Gasteiger partial charge in [0.05, 0.1) is 12.8 Å². The van der Waals surface area contributed by atoms with Crippen LogP contribution in [0, 0.1) is 0 Å². The first-order valence-electron chi connectivity index (χ1n) is 4.99. The predicted molar refractivity (Wildman–Crippen MR) is 78.1 cm³/mol. The van der Waals surface area contributed by atoms with Gasteiger partial charge in [-0.2, -0.15) is 4.98 Å². The first-order valence-corrected chi connectivity index (χ1v) is 6.57. The van der Waals surface area contributed by atoms with Crippen molar-refractivity contribution < 1.29 is 4.74 Å². The molecule has 0 saturated carbocycles. The lowest BCUT2D eigenvalue weighted by Gasteiger charge is -2.09. The van der Waals surface area contributed by atoms with Crippen molar-refractivity contribution in [1.82, 2.24) is 9.97 Å². The van der Waals surface area contributed by atoms with Crippen LogP contribution in [0.5, 0.6) is 5.75 Å². The van der Waals surface area contributed by atoms with Gasteiger partial charge in [0.15, 0.2) is 0 Å². The van der Waals surface area contributed by atoms with Gasteiger partial charge in [-0.3, -0.25) is 0 Å². The van der Waals surface area contributed by atoms with Gasteiger partial charge in [0.2, 0.25) is 5.95 Å². The number of rotatable bonds is 3. The van der Waals surface area contributed by atoms with E-state index in [0.29, 0.717) is 16.4 Å². The van der Waals surface area contributed by atoms with Crippen LogP contribution in [-0.4, -0.2) is 17.1 Å². The molecule has 2 aromatic rings. The zero-order valence-electron chi connectivity index (χ0n) is 9.45. The Morgan fingerprint density at radius 1 is 1.22 bits per heavy atom. The number of nitrogens with two attached hydrogens (primary N) is 1. The van der Waals surface area contributed by atoms with Crippen LogP contribution in [0.4, 0.5) is 17.5 Å². The molecule has 0 fully saturated rings. The van der Waals surface area contributed by atoms with E-state index in [9.17, 15) is 0 Å². The molecule has 0 spiro atoms. The molecule has 18 heavy (non-hydrogen) atoms. The van der Waals surface area contributed by atoms with Crippen molar-refractivity contribution in [2.75, 3.05) is 18.2 Å². The second kappa shape index (κ2) is 5.53. The summed E-state index contributed by atoms with van der Waals surface area (Å²) in [7, 11) is 1.61. The van der Waals surface area contributed by atoms with E-state index < -0.39 is 0 Å². The van der Waals surface area contributed by atoms with Crippen molar-refractivity contribution >= 4 is 49.3 Å². The van der Waals surface area contributed by atoms with Crippen molar-refractivity contribution in [1.29, 1.82) is 0 Å². The second-order valence-corrected chi connectivity index (χ2v) is 5.08. The number of anilines is 3. The van der Waals surface area contributed by atoms with Gasteiger partial charge < -0.3 is 15.8 Å². The fourth-order valence-electron chi connectivity index (χ4n) is 1.34. The first-order chi connectivity index (χ1) is 8.58. The van der Waals surface area contributed by atoms with Crippen molar-refractivity contribution in [3.63, 3.8) is 0 Å². The summed E-state index contributed by atoms with van der Waals surface area (Å²) in [6.45, 7) is 0. The molecule has 94 valence electrons. The van der Waals surface area contributed by atoms with Crippen LogP contribution < -0.4 is 15.8 Å². The number of hydrogen-bond donors (Lipinski definition) is 2. The zero-order chi connectivity index (χ0) is 13.1. The molecule has 0 radical (unpaired) electrons. The van der Waals surface area contributed by atoms with Crippen LogP contribution in [0.1, 0.15) is 0 Å². The Hall–Kier alpha value is -1.34. The quantitative estimate of drug-likeness (QED) is 0.807. The van der Waals surface area contributed by atoms with Crippen LogP contribution >= 0.6 is 31.9 Å². The fourth-order valence-corrected chi connectivity index (χ4v) is 2.09. The van der Waals surface area contributed by atoms with Crippen molar-refractivity contribution in [3.8, 4) is 5.75 Å². The summed E-state index contributed by atoms with van der Waals surface area (Å²) in [6, 6.07) is 7.20. The number of halogens is 2. The van der Waals surface area contributed by atoms with E-state index in [1.165, 1.54) is 0 Å². The van der Waals surface area contributed by atoms with Gasteiger partial charge in [-0.05, 0) is 44.0 Å². The lowest BCUT2D eigenvalue weighted by molar-refractivity contribution is 0.415. The summed E-state index contributed by atoms with van der Waals surface area (Å²) in [4.78, 5) is 8.27. The molecule has 1 aromatic heterocycles. The smallest absolute Gasteiger partial charge is 0.230 e. The van der Waals surface area contributed by atoms with Gasteiger partial charge in [-0.15, -0.1) is 0 Å². The van der Waals surface area contributed by atoms with Crippen LogP contribution in [0.25, 0.3) is 0 Å². The molecule has 0 bridgehead atoms. The van der Waals surface area contributed by atoms with E-state index in [-0.39, 0.29) is 0 Å². The minimum absolute atomic E-state index is 0.387. The van der Waals surface area contributed by atoms with Crippen molar-refractivity contribution in [2.24, 2.45) is 0 Å². The highest BCUT2D eigenvalue weighted by Crippen LogP contribution is 2.29. The minimum Gasteiger partial charge on any atom is -0.497 e. The monoisotopic (exact) mass is 372 g/mol. The number of benzene rings is 1. The molecule has 3 N–H and O–H groups in total. The molecule has 7 heteroatoms. The first kappa shape index (κ1) is 13.1. The van der Waals surface area contributed by atoms with E-state index in [0.717, 1.165) is 15.9 Å². The van der Waals surface area contributed by atoms with E-state index in [1.54, 1.807) is 13.2 Å². The highest BCUT2D eigenvalue weighted by molar-refractivity contribution is 9.10. The van der Waals surface area contributed by atoms with Gasteiger partial charge in [-0.25, -0.2) is 4.98 Å². The zero-order valence-corrected chi connectivity index (χ0v) is 12.6. The number of nitrogens with zero attached hydrogens (tertiary/aromatic N) is 2. The molecule has 0 saturated heterocycles. The average Bonchev–Trinajstić information content (AvgIpc) is 2.30. The molecule has 0 aliphatic rings. The number of aromatic nitrogens is 2. The SMILES string of the molecule is COc1ccc(Br)c(Nc2nc(N)cc(Br)n2)c1. The normalized spacial score (nSPS) is 10.2. The van der Waals surface area contributed by atoms with E-state index in [4.69, 9.17) is 10.5 Å². The Labute approximate surface area is 121 Å². The third kappa shape index (κ3) is 3.11. The van der Waals surface area contributed by atoms with E-state index in [1.807, 2.05) is 18.2 Å². The number of nitrogen functional groups attached to an aromatic ring is 1. The Bertz CT molecular complexity index is 557. The number of methoxy groups -OCH3 is 1. The summed E-state index contributed by atoms with van der Waals surface area (Å²) >= 11 is 6.70. The van der Waals surface area contributed by atoms with Gasteiger partial charge in [0.25, 0.3) is 0 Å². The maximum Gasteiger partial charge on any atom is 0.230 e. The number of ether oxygens (including phenoxy) is 1. The fraction of sp³-hybridized carbons (Fsp3) is 0.0909. The maximum atomic E-state index is 5.65. The molecule has 1 aromatic carbocycles. The van der Waals surface area contributed by atoms with Crippen molar-refractivity contribution in [3.05, 3.63) is 33.3 Å². The molecule has 0 unspecified atom stereocenters. The molecule has 0 aliphatic heterocycles. The lowest BCUT2D eigenvalue weighted by Crippen LogP contribution is -2.01. The molecular weight excluding hydrogens is 364 g/mol. The molecule has 5 nitrogen and oxygen atoms in total. The van der Waals surface area contributed by atoms with Crippen LogP contribution in [0.15, 0.2) is 33.3 Å². The molecular formula is C11H10Br2N4O. The van der Waals surface area contributed by atoms with Crippen LogP contribution in [0.2, 0.25) is 0 Å². The molecule has 0 atom stereocenters. The summed E-state index contributed by atoms with van der Waals surface area (Å²) in [6.07, 6.45) is 0. The number of hydrogen-bond acceptors (Lipinski definition) is 5. The standard InChI is InChI=1S/C11H10Br2N4O/c1-18-6-2-3-7(12)8(4-6)15-11-16-9(13)5-10(14)17-11/h2-5H,1H3,(H3,14,15,16,17). The molecule has 0 aliphatic carbocycles. The van der Waals surface area contributed by atoms with Gasteiger partial charge in [-0.1, -0.05) is 0 Å². The van der Waals surface area contributed by atoms with Gasteiger partial charge in [0.1, 0.15) is 16.2 Å². The Balaban J connectivity index is 2.33. The molecule has 0 amide bonds.